The Morgan fingerprint density at radius 3 is 2.65 bits per heavy atom. The predicted octanol–water partition coefficient (Wildman–Crippen LogP) is 4.95. The molecule has 1 N–H and O–H groups in total. The maximum absolute atomic E-state index is 15.0. The number of benzene rings is 1. The number of carbonyl (C=O) groups excluding carboxylic acids is 3. The fraction of sp³-hybridized carbons (Fsp3) is 0.222. The van der Waals surface area contributed by atoms with E-state index in [1.165, 1.54) is 30.7 Å². The lowest BCUT2D eigenvalue weighted by molar-refractivity contribution is -0.138. The highest BCUT2D eigenvalue weighted by Gasteiger charge is 2.51. The lowest BCUT2D eigenvalue weighted by atomic mass is 9.84. The molecule has 1 amide bonds. The van der Waals surface area contributed by atoms with Gasteiger partial charge in [0, 0.05) is 43.0 Å². The summed E-state index contributed by atoms with van der Waals surface area (Å²) in [7, 11) is 0. The minimum Gasteiger partial charge on any atom is -0.354 e. The second-order valence-corrected chi connectivity index (χ2v) is 9.88. The van der Waals surface area contributed by atoms with Crippen LogP contribution in [0, 0.1) is 23.6 Å². The largest absolute Gasteiger partial charge is 0.354 e. The number of pyridine rings is 2. The zero-order valence-corrected chi connectivity index (χ0v) is 20.9. The van der Waals surface area contributed by atoms with Gasteiger partial charge in [0.15, 0.2) is 5.78 Å². The lowest BCUT2D eigenvalue weighted by Crippen LogP contribution is -2.33. The van der Waals surface area contributed by atoms with Crippen molar-refractivity contribution < 1.29 is 18.8 Å². The Balaban J connectivity index is 1.34. The van der Waals surface area contributed by atoms with E-state index in [0.29, 0.717) is 42.9 Å². The molecular weight excluding hydrogens is 518 g/mol. The third-order valence-electron chi connectivity index (χ3n) is 6.87. The first-order valence-electron chi connectivity index (χ1n) is 11.4. The number of nitrogens with one attached hydrogen (secondary N) is 1. The summed E-state index contributed by atoms with van der Waals surface area (Å²) in [4.78, 5) is 47.2. The van der Waals surface area contributed by atoms with E-state index in [0.717, 1.165) is 6.07 Å². The summed E-state index contributed by atoms with van der Waals surface area (Å²) >= 11 is 12.8. The van der Waals surface area contributed by atoms with Crippen molar-refractivity contribution in [2.24, 2.45) is 5.41 Å². The molecule has 1 aliphatic carbocycles. The number of carbonyl (C=O) groups is 3. The van der Waals surface area contributed by atoms with Crippen LogP contribution >= 0.6 is 23.2 Å². The summed E-state index contributed by atoms with van der Waals surface area (Å²) in [6.45, 7) is 0.910. The van der Waals surface area contributed by atoms with Gasteiger partial charge in [-0.25, -0.2) is 9.37 Å². The number of terminal acetylenes is 1. The second kappa shape index (κ2) is 9.58. The first-order chi connectivity index (χ1) is 17.7. The Morgan fingerprint density at radius 1 is 1.14 bits per heavy atom. The number of anilines is 2. The summed E-state index contributed by atoms with van der Waals surface area (Å²) < 4.78 is 15.0. The van der Waals surface area contributed by atoms with Crippen molar-refractivity contribution in [2.45, 2.75) is 19.3 Å². The van der Waals surface area contributed by atoms with Gasteiger partial charge in [0.05, 0.1) is 38.5 Å². The summed E-state index contributed by atoms with van der Waals surface area (Å²) in [5, 5.41) is 2.92. The summed E-state index contributed by atoms with van der Waals surface area (Å²) in [5.74, 6) is 0.951. The minimum absolute atomic E-state index is 0.0301. The van der Waals surface area contributed by atoms with Gasteiger partial charge in [0.25, 0.3) is 5.91 Å². The zero-order chi connectivity index (χ0) is 26.3. The number of rotatable bonds is 4. The molecule has 1 aromatic carbocycles. The number of halogens is 3. The van der Waals surface area contributed by atoms with Crippen molar-refractivity contribution in [1.29, 1.82) is 0 Å². The Labute approximate surface area is 222 Å². The van der Waals surface area contributed by atoms with Crippen molar-refractivity contribution >= 4 is 52.2 Å². The molecule has 2 aliphatic rings. The number of aromatic nitrogens is 2. The maximum atomic E-state index is 15.0. The van der Waals surface area contributed by atoms with Crippen LogP contribution in [0.5, 0.6) is 0 Å². The fourth-order valence-corrected chi connectivity index (χ4v) is 5.46. The normalized spacial score (nSPS) is 18.9. The third kappa shape index (κ3) is 4.45. The molecule has 1 saturated carbocycles. The molecule has 3 aromatic rings. The average Bonchev–Trinajstić information content (AvgIpc) is 3.44. The molecule has 1 unspecified atom stereocenters. The van der Waals surface area contributed by atoms with Gasteiger partial charge in [-0.15, -0.1) is 6.42 Å². The summed E-state index contributed by atoms with van der Waals surface area (Å²) in [5.41, 5.74) is 0.511. The molecule has 1 atom stereocenters. The van der Waals surface area contributed by atoms with Crippen molar-refractivity contribution in [3.8, 4) is 23.5 Å². The molecule has 2 fully saturated rings. The van der Waals surface area contributed by atoms with E-state index < -0.39 is 17.1 Å². The lowest BCUT2D eigenvalue weighted by Gasteiger charge is -2.23. The SMILES string of the molecule is C#Cc1cnccc1-c1cc(Cl)c(C(=O)Nc2cnc(N3CCC4(CCC(=O)C4=O)C3)c(Cl)c2)cc1F. The number of hydrogen-bond donors (Lipinski definition) is 1. The van der Waals surface area contributed by atoms with Crippen LogP contribution in [-0.4, -0.2) is 40.5 Å². The quantitative estimate of drug-likeness (QED) is 0.374. The smallest absolute Gasteiger partial charge is 0.257 e. The van der Waals surface area contributed by atoms with Crippen molar-refractivity contribution in [1.82, 2.24) is 9.97 Å². The molecule has 0 bridgehead atoms. The highest BCUT2D eigenvalue weighted by atomic mass is 35.5. The Hall–Kier alpha value is -3.80. The first kappa shape index (κ1) is 24.9. The van der Waals surface area contributed by atoms with Gasteiger partial charge in [-0.3, -0.25) is 19.4 Å². The molecule has 10 heteroatoms. The van der Waals surface area contributed by atoms with Crippen LogP contribution in [0.2, 0.25) is 10.0 Å². The topological polar surface area (TPSA) is 92.3 Å². The third-order valence-corrected chi connectivity index (χ3v) is 7.46. The van der Waals surface area contributed by atoms with Crippen LogP contribution in [0.15, 0.2) is 42.9 Å². The van der Waals surface area contributed by atoms with Crippen LogP contribution in [0.3, 0.4) is 0 Å². The molecule has 2 aromatic heterocycles. The Kier molecular flexibility index (Phi) is 6.44. The van der Waals surface area contributed by atoms with Crippen LogP contribution in [0.4, 0.5) is 15.9 Å². The van der Waals surface area contributed by atoms with Crippen molar-refractivity contribution in [2.75, 3.05) is 23.3 Å². The summed E-state index contributed by atoms with van der Waals surface area (Å²) in [6, 6.07) is 5.47. The van der Waals surface area contributed by atoms with Crippen LogP contribution in [0.25, 0.3) is 11.1 Å². The standard InChI is InChI=1S/C27H19Cl2FN4O3/c1-2-15-12-31-7-4-17(15)18-10-20(28)19(11-22(18)30)26(37)33-16-9-21(29)25(32-13-16)34-8-6-27(14-34)5-3-23(35)24(27)36/h1,4,7,9-13H,3,5-6,8,14H2,(H,33,37). The average molecular weight is 537 g/mol. The number of ketones is 2. The molecular formula is C27H19Cl2FN4O3. The molecule has 186 valence electrons. The molecule has 0 radical (unpaired) electrons. The zero-order valence-electron chi connectivity index (χ0n) is 19.4. The van der Waals surface area contributed by atoms with E-state index in [1.54, 1.807) is 6.07 Å². The monoisotopic (exact) mass is 536 g/mol. The van der Waals surface area contributed by atoms with E-state index in [4.69, 9.17) is 29.6 Å². The number of amides is 1. The first-order valence-corrected chi connectivity index (χ1v) is 12.2. The van der Waals surface area contributed by atoms with E-state index in [2.05, 4.69) is 21.2 Å². The molecule has 7 nitrogen and oxygen atoms in total. The predicted molar refractivity (Wildman–Crippen MR) is 138 cm³/mol. The van der Waals surface area contributed by atoms with Gasteiger partial charge in [-0.2, -0.15) is 0 Å². The maximum Gasteiger partial charge on any atom is 0.257 e. The molecule has 5 rings (SSSR count). The summed E-state index contributed by atoms with van der Waals surface area (Å²) in [6.07, 6.45) is 11.2. The van der Waals surface area contributed by atoms with Crippen molar-refractivity contribution in [3.63, 3.8) is 0 Å². The van der Waals surface area contributed by atoms with Gasteiger partial charge in [-0.1, -0.05) is 29.1 Å². The highest BCUT2D eigenvalue weighted by molar-refractivity contribution is 6.41. The van der Waals surface area contributed by atoms with E-state index >= 15 is 0 Å². The van der Waals surface area contributed by atoms with Gasteiger partial charge >= 0.3 is 0 Å². The number of hydrogen-bond acceptors (Lipinski definition) is 6. The van der Waals surface area contributed by atoms with Crippen molar-refractivity contribution in [3.05, 3.63) is 69.8 Å². The van der Waals surface area contributed by atoms with Crippen LogP contribution in [-0.2, 0) is 9.59 Å². The van der Waals surface area contributed by atoms with Gasteiger partial charge in [0.1, 0.15) is 11.6 Å². The molecule has 1 spiro atoms. The fourth-order valence-electron chi connectivity index (χ4n) is 4.92. The Morgan fingerprint density at radius 2 is 1.95 bits per heavy atom. The molecule has 3 heterocycles. The van der Waals surface area contributed by atoms with Gasteiger partial charge < -0.3 is 10.2 Å². The Bertz CT molecular complexity index is 1520. The minimum atomic E-state index is -0.674. The molecule has 37 heavy (non-hydrogen) atoms. The second-order valence-electron chi connectivity index (χ2n) is 9.07. The highest BCUT2D eigenvalue weighted by Crippen LogP contribution is 2.43. The van der Waals surface area contributed by atoms with E-state index in [1.807, 2.05) is 4.90 Å². The van der Waals surface area contributed by atoms with Crippen LogP contribution in [0.1, 0.15) is 35.2 Å². The molecule has 1 saturated heterocycles. The number of nitrogens with zero attached hydrogens (tertiary/aromatic N) is 3. The van der Waals surface area contributed by atoms with E-state index in [-0.39, 0.29) is 44.8 Å². The van der Waals surface area contributed by atoms with E-state index in [9.17, 15) is 18.8 Å². The molecule has 1 aliphatic heterocycles. The van der Waals surface area contributed by atoms with Gasteiger partial charge in [-0.05, 0) is 37.1 Å². The van der Waals surface area contributed by atoms with Gasteiger partial charge in [0.2, 0.25) is 5.78 Å². The van der Waals surface area contributed by atoms with Crippen LogP contribution < -0.4 is 10.2 Å². The number of Topliss-reactive ketones (excluding diaryl/α,β-unsaturated/α-hetero) is 2.